The normalized spacial score (nSPS) is 11.1. The van der Waals surface area contributed by atoms with E-state index in [4.69, 9.17) is 11.6 Å². The minimum Gasteiger partial charge on any atom is -0.310 e. The zero-order valence-corrected chi connectivity index (χ0v) is 12.5. The van der Waals surface area contributed by atoms with Crippen LogP contribution in [0, 0.1) is 0 Å². The molecule has 0 aliphatic rings. The summed E-state index contributed by atoms with van der Waals surface area (Å²) in [4.78, 5) is 1.27. The van der Waals surface area contributed by atoms with Crippen molar-refractivity contribution in [3.63, 3.8) is 0 Å². The van der Waals surface area contributed by atoms with Crippen molar-refractivity contribution in [2.24, 2.45) is 0 Å². The summed E-state index contributed by atoms with van der Waals surface area (Å²) in [5, 5.41) is 4.26. The monoisotopic (exact) mass is 271 g/mol. The predicted octanol–water partition coefficient (Wildman–Crippen LogP) is 4.73. The molecule has 1 nitrogen and oxygen atoms in total. The molecule has 1 N–H and O–H groups in total. The third-order valence-electron chi connectivity index (χ3n) is 2.49. The minimum atomic E-state index is 0.490. The third-order valence-corrected chi connectivity index (χ3v) is 3.92. The molecule has 0 unspecified atom stereocenters. The number of rotatable bonds is 7. The number of hydrogen-bond donors (Lipinski definition) is 1. The molecule has 0 spiro atoms. The standard InChI is InChI=1S/C14H22ClNS/c1-4-5-8-17-13-7-6-12(14(15)9-13)10-16-11(2)3/h6-7,9,11,16H,4-5,8,10H2,1-3H3. The molecule has 0 saturated heterocycles. The van der Waals surface area contributed by atoms with Crippen LogP contribution in [0.1, 0.15) is 39.2 Å². The number of benzene rings is 1. The van der Waals surface area contributed by atoms with Gasteiger partial charge in [-0.2, -0.15) is 0 Å². The zero-order chi connectivity index (χ0) is 12.7. The van der Waals surface area contributed by atoms with Gasteiger partial charge < -0.3 is 5.32 Å². The van der Waals surface area contributed by atoms with Crippen LogP contribution in [-0.4, -0.2) is 11.8 Å². The van der Waals surface area contributed by atoms with E-state index in [1.165, 1.54) is 29.1 Å². The van der Waals surface area contributed by atoms with E-state index in [1.807, 2.05) is 11.8 Å². The number of hydrogen-bond acceptors (Lipinski definition) is 2. The van der Waals surface area contributed by atoms with Gasteiger partial charge in [0.15, 0.2) is 0 Å². The van der Waals surface area contributed by atoms with Crippen molar-refractivity contribution in [1.82, 2.24) is 5.32 Å². The maximum Gasteiger partial charge on any atom is 0.0462 e. The van der Waals surface area contributed by atoms with Crippen molar-refractivity contribution in [3.05, 3.63) is 28.8 Å². The lowest BCUT2D eigenvalue weighted by Gasteiger charge is -2.10. The first-order valence-electron chi connectivity index (χ1n) is 6.28. The summed E-state index contributed by atoms with van der Waals surface area (Å²) in [5.74, 6) is 1.18. The van der Waals surface area contributed by atoms with Gasteiger partial charge in [0.2, 0.25) is 0 Å². The van der Waals surface area contributed by atoms with Gasteiger partial charge in [-0.3, -0.25) is 0 Å². The van der Waals surface area contributed by atoms with E-state index in [2.05, 4.69) is 44.3 Å². The Morgan fingerprint density at radius 3 is 2.71 bits per heavy atom. The van der Waals surface area contributed by atoms with Crippen molar-refractivity contribution >= 4 is 23.4 Å². The quantitative estimate of drug-likeness (QED) is 0.568. The van der Waals surface area contributed by atoms with Crippen molar-refractivity contribution in [2.75, 3.05) is 5.75 Å². The Morgan fingerprint density at radius 1 is 1.35 bits per heavy atom. The Bertz CT molecular complexity index is 339. The van der Waals surface area contributed by atoms with E-state index in [1.54, 1.807) is 0 Å². The maximum atomic E-state index is 6.27. The predicted molar refractivity (Wildman–Crippen MR) is 79.1 cm³/mol. The molecule has 0 amide bonds. The summed E-state index contributed by atoms with van der Waals surface area (Å²) in [6.07, 6.45) is 2.51. The van der Waals surface area contributed by atoms with Crippen molar-refractivity contribution in [2.45, 2.75) is 51.1 Å². The maximum absolute atomic E-state index is 6.27. The molecule has 1 aromatic rings. The smallest absolute Gasteiger partial charge is 0.0462 e. The second-order valence-electron chi connectivity index (χ2n) is 4.49. The van der Waals surface area contributed by atoms with Gasteiger partial charge in [0.1, 0.15) is 0 Å². The zero-order valence-electron chi connectivity index (χ0n) is 10.9. The van der Waals surface area contributed by atoms with Crippen LogP contribution in [0.5, 0.6) is 0 Å². The van der Waals surface area contributed by atoms with Crippen LogP contribution in [0.25, 0.3) is 0 Å². The number of nitrogens with one attached hydrogen (secondary N) is 1. The lowest BCUT2D eigenvalue weighted by molar-refractivity contribution is 0.589. The van der Waals surface area contributed by atoms with Crippen LogP contribution >= 0.6 is 23.4 Å². The van der Waals surface area contributed by atoms with Crippen LogP contribution in [0.3, 0.4) is 0 Å². The molecular formula is C14H22ClNS. The van der Waals surface area contributed by atoms with Crippen LogP contribution < -0.4 is 5.32 Å². The molecule has 0 aromatic heterocycles. The average Bonchev–Trinajstić information content (AvgIpc) is 2.28. The Morgan fingerprint density at radius 2 is 2.12 bits per heavy atom. The molecular weight excluding hydrogens is 250 g/mol. The molecule has 3 heteroatoms. The highest BCUT2D eigenvalue weighted by molar-refractivity contribution is 7.99. The topological polar surface area (TPSA) is 12.0 Å². The first-order chi connectivity index (χ1) is 8.13. The third kappa shape index (κ3) is 5.80. The second kappa shape index (κ2) is 8.02. The fraction of sp³-hybridized carbons (Fsp3) is 0.571. The SMILES string of the molecule is CCCCSc1ccc(CNC(C)C)c(Cl)c1. The highest BCUT2D eigenvalue weighted by Crippen LogP contribution is 2.25. The van der Waals surface area contributed by atoms with Gasteiger partial charge in [-0.05, 0) is 29.9 Å². The Hall–Kier alpha value is -0.180. The van der Waals surface area contributed by atoms with E-state index < -0.39 is 0 Å². The summed E-state index contributed by atoms with van der Waals surface area (Å²) in [6.45, 7) is 7.34. The van der Waals surface area contributed by atoms with Gasteiger partial charge >= 0.3 is 0 Å². The molecule has 1 aromatic carbocycles. The first-order valence-corrected chi connectivity index (χ1v) is 7.64. The fourth-order valence-electron chi connectivity index (χ4n) is 1.41. The van der Waals surface area contributed by atoms with Crippen LogP contribution in [0.2, 0.25) is 5.02 Å². The van der Waals surface area contributed by atoms with Gasteiger partial charge in [-0.25, -0.2) is 0 Å². The van der Waals surface area contributed by atoms with Crippen molar-refractivity contribution < 1.29 is 0 Å². The van der Waals surface area contributed by atoms with Crippen LogP contribution in [0.4, 0.5) is 0 Å². The van der Waals surface area contributed by atoms with Crippen molar-refractivity contribution in [1.29, 1.82) is 0 Å². The van der Waals surface area contributed by atoms with E-state index in [0.29, 0.717) is 6.04 Å². The fourth-order valence-corrected chi connectivity index (χ4v) is 2.76. The van der Waals surface area contributed by atoms with E-state index in [9.17, 15) is 0 Å². The van der Waals surface area contributed by atoms with Crippen LogP contribution in [-0.2, 0) is 6.54 Å². The summed E-state index contributed by atoms with van der Waals surface area (Å²) in [5.41, 5.74) is 1.18. The average molecular weight is 272 g/mol. The Balaban J connectivity index is 2.53. The highest BCUT2D eigenvalue weighted by Gasteiger charge is 2.03. The Labute approximate surface area is 114 Å². The van der Waals surface area contributed by atoms with E-state index in [0.717, 1.165) is 11.6 Å². The van der Waals surface area contributed by atoms with Gasteiger partial charge in [0.25, 0.3) is 0 Å². The summed E-state index contributed by atoms with van der Waals surface area (Å²) in [6, 6.07) is 6.87. The molecule has 0 bridgehead atoms. The number of halogens is 1. The number of unbranched alkanes of at least 4 members (excludes halogenated alkanes) is 1. The molecule has 1 rings (SSSR count). The molecule has 0 fully saturated rings. The summed E-state index contributed by atoms with van der Waals surface area (Å²) >= 11 is 8.16. The lowest BCUT2D eigenvalue weighted by Crippen LogP contribution is -2.21. The lowest BCUT2D eigenvalue weighted by atomic mass is 10.2. The van der Waals surface area contributed by atoms with Gasteiger partial charge in [-0.1, -0.05) is 44.9 Å². The molecule has 0 aliphatic carbocycles. The van der Waals surface area contributed by atoms with Gasteiger partial charge in [0, 0.05) is 22.5 Å². The number of thioether (sulfide) groups is 1. The van der Waals surface area contributed by atoms with E-state index in [-0.39, 0.29) is 0 Å². The Kier molecular flexibility index (Phi) is 7.02. The highest BCUT2D eigenvalue weighted by atomic mass is 35.5. The molecule has 0 atom stereocenters. The van der Waals surface area contributed by atoms with Crippen molar-refractivity contribution in [3.8, 4) is 0 Å². The molecule has 0 heterocycles. The summed E-state index contributed by atoms with van der Waals surface area (Å²) < 4.78 is 0. The van der Waals surface area contributed by atoms with Gasteiger partial charge in [0.05, 0.1) is 0 Å². The minimum absolute atomic E-state index is 0.490. The summed E-state index contributed by atoms with van der Waals surface area (Å²) in [7, 11) is 0. The molecule has 17 heavy (non-hydrogen) atoms. The second-order valence-corrected chi connectivity index (χ2v) is 6.07. The molecule has 0 radical (unpaired) electrons. The largest absolute Gasteiger partial charge is 0.310 e. The van der Waals surface area contributed by atoms with Gasteiger partial charge in [-0.15, -0.1) is 11.8 Å². The molecule has 0 aliphatic heterocycles. The first kappa shape index (κ1) is 14.9. The van der Waals surface area contributed by atoms with Crippen LogP contribution in [0.15, 0.2) is 23.1 Å². The molecule has 0 saturated carbocycles. The van der Waals surface area contributed by atoms with E-state index >= 15 is 0 Å². The molecule has 96 valence electrons.